The number of hydrogen-bond acceptors (Lipinski definition) is 4. The largest absolute Gasteiger partial charge is 0.358 e. The van der Waals surface area contributed by atoms with Crippen LogP contribution in [0.3, 0.4) is 0 Å². The van der Waals surface area contributed by atoms with Crippen LogP contribution in [0.1, 0.15) is 76.2 Å². The van der Waals surface area contributed by atoms with Crippen molar-refractivity contribution in [1.29, 1.82) is 0 Å². The van der Waals surface area contributed by atoms with Crippen molar-refractivity contribution in [2.24, 2.45) is 5.41 Å². The van der Waals surface area contributed by atoms with Gasteiger partial charge < -0.3 is 14.8 Å². The highest BCUT2D eigenvalue weighted by Gasteiger charge is 2.46. The average Bonchev–Trinajstić information content (AvgIpc) is 3.45. The minimum atomic E-state index is -1.12. The molecule has 3 saturated heterocycles. The van der Waals surface area contributed by atoms with Gasteiger partial charge in [-0.15, -0.1) is 0 Å². The van der Waals surface area contributed by atoms with Crippen molar-refractivity contribution in [3.8, 4) is 0 Å². The Morgan fingerprint density at radius 1 is 1.02 bits per heavy atom. The first kappa shape index (κ1) is 28.8. The second-order valence-corrected chi connectivity index (χ2v) is 13.3. The van der Waals surface area contributed by atoms with Crippen LogP contribution in [0.2, 0.25) is 0 Å². The number of carbonyl (C=O) groups excluding carboxylic acids is 2. The molecule has 0 aliphatic carbocycles. The van der Waals surface area contributed by atoms with Crippen LogP contribution >= 0.6 is 0 Å². The quantitative estimate of drug-likeness (QED) is 0.386. The van der Waals surface area contributed by atoms with E-state index in [0.717, 1.165) is 55.6 Å². The van der Waals surface area contributed by atoms with Crippen molar-refractivity contribution in [3.63, 3.8) is 0 Å². The standard InChI is InChI=1S/C34H44FN5O2/c1-23-37-29-10-5-6-11-30(29)40(23)28-21-26-12-13-27(22-28)39(26)19-16-34(24-8-7-9-25(35)20-24)14-17-38(18-15-34)32(42)33(2,3)31(41)36-4/h5-11,20,26-28H,12-19,21-22H2,1-4H3,(H,36,41)/t26-,27+,28?. The number of nitrogens with one attached hydrogen (secondary N) is 1. The topological polar surface area (TPSA) is 70.5 Å². The second kappa shape index (κ2) is 11.1. The van der Waals surface area contributed by atoms with E-state index < -0.39 is 5.41 Å². The third-order valence-corrected chi connectivity index (χ3v) is 10.6. The highest BCUT2D eigenvalue weighted by atomic mass is 19.1. The summed E-state index contributed by atoms with van der Waals surface area (Å²) in [5.41, 5.74) is 2.02. The Balaban J connectivity index is 1.18. The Morgan fingerprint density at radius 3 is 2.38 bits per heavy atom. The molecule has 8 heteroatoms. The van der Waals surface area contributed by atoms with E-state index >= 15 is 0 Å². The van der Waals surface area contributed by atoms with Gasteiger partial charge in [0.1, 0.15) is 17.1 Å². The van der Waals surface area contributed by atoms with Gasteiger partial charge in [0.15, 0.2) is 0 Å². The second-order valence-electron chi connectivity index (χ2n) is 13.3. The van der Waals surface area contributed by atoms with E-state index in [1.54, 1.807) is 27.0 Å². The van der Waals surface area contributed by atoms with E-state index in [1.807, 2.05) is 11.0 Å². The summed E-state index contributed by atoms with van der Waals surface area (Å²) in [6.45, 7) is 7.62. The van der Waals surface area contributed by atoms with E-state index in [-0.39, 0.29) is 23.0 Å². The third-order valence-electron chi connectivity index (χ3n) is 10.6. The lowest BCUT2D eigenvalue weighted by molar-refractivity contribution is -0.149. The fourth-order valence-corrected chi connectivity index (χ4v) is 8.23. The first-order valence-electron chi connectivity index (χ1n) is 15.6. The van der Waals surface area contributed by atoms with Crippen molar-refractivity contribution in [1.82, 2.24) is 24.7 Å². The average molecular weight is 574 g/mol. The van der Waals surface area contributed by atoms with Gasteiger partial charge in [0, 0.05) is 38.3 Å². The van der Waals surface area contributed by atoms with Gasteiger partial charge in [-0.2, -0.15) is 0 Å². The molecule has 3 fully saturated rings. The summed E-state index contributed by atoms with van der Waals surface area (Å²) < 4.78 is 17.0. The molecule has 1 aromatic heterocycles. The molecule has 42 heavy (non-hydrogen) atoms. The first-order valence-corrected chi connectivity index (χ1v) is 15.6. The zero-order valence-electron chi connectivity index (χ0n) is 25.4. The fourth-order valence-electron chi connectivity index (χ4n) is 8.23. The maximum atomic E-state index is 14.5. The van der Waals surface area contributed by atoms with Gasteiger partial charge >= 0.3 is 0 Å². The number of benzene rings is 2. The predicted molar refractivity (Wildman–Crippen MR) is 163 cm³/mol. The van der Waals surface area contributed by atoms with Crippen LogP contribution in [0.4, 0.5) is 4.39 Å². The smallest absolute Gasteiger partial charge is 0.237 e. The molecule has 2 bridgehead atoms. The van der Waals surface area contributed by atoms with Crippen LogP contribution in [0.15, 0.2) is 48.5 Å². The van der Waals surface area contributed by atoms with Gasteiger partial charge in [-0.3, -0.25) is 14.5 Å². The Bertz CT molecular complexity index is 1460. The van der Waals surface area contributed by atoms with Gasteiger partial charge in [0.2, 0.25) is 11.8 Å². The third kappa shape index (κ3) is 5.01. The van der Waals surface area contributed by atoms with Crippen LogP contribution in [-0.4, -0.2) is 69.9 Å². The van der Waals surface area contributed by atoms with Crippen LogP contribution in [0, 0.1) is 18.2 Å². The van der Waals surface area contributed by atoms with E-state index in [0.29, 0.717) is 31.2 Å². The molecule has 0 radical (unpaired) electrons. The highest BCUT2D eigenvalue weighted by molar-refractivity contribution is 6.04. The maximum Gasteiger partial charge on any atom is 0.237 e. The summed E-state index contributed by atoms with van der Waals surface area (Å²) in [5, 5.41) is 2.63. The lowest BCUT2D eigenvalue weighted by Crippen LogP contribution is -2.53. The summed E-state index contributed by atoms with van der Waals surface area (Å²) >= 11 is 0. The number of piperidine rings is 2. The summed E-state index contributed by atoms with van der Waals surface area (Å²) in [4.78, 5) is 35.2. The van der Waals surface area contributed by atoms with E-state index in [4.69, 9.17) is 4.98 Å². The molecule has 3 aromatic rings. The number of fused-ring (bicyclic) bond motifs is 3. The van der Waals surface area contributed by atoms with Gasteiger partial charge in [-0.05, 0) is 108 Å². The first-order chi connectivity index (χ1) is 20.1. The number of likely N-dealkylation sites (tertiary alicyclic amines) is 1. The molecule has 0 saturated carbocycles. The lowest BCUT2D eigenvalue weighted by atomic mass is 9.70. The van der Waals surface area contributed by atoms with Gasteiger partial charge in [0.25, 0.3) is 0 Å². The summed E-state index contributed by atoms with van der Waals surface area (Å²) in [6, 6.07) is 17.1. The highest BCUT2D eigenvalue weighted by Crippen LogP contribution is 2.45. The number of halogens is 1. The fraction of sp³-hybridized carbons (Fsp3) is 0.559. The van der Waals surface area contributed by atoms with Crippen LogP contribution in [0.25, 0.3) is 11.0 Å². The van der Waals surface area contributed by atoms with Crippen molar-refractivity contribution >= 4 is 22.8 Å². The van der Waals surface area contributed by atoms with Gasteiger partial charge in [-0.1, -0.05) is 24.3 Å². The minimum Gasteiger partial charge on any atom is -0.358 e. The molecule has 3 aliphatic heterocycles. The van der Waals surface area contributed by atoms with Gasteiger partial charge in [0.05, 0.1) is 11.0 Å². The lowest BCUT2D eigenvalue weighted by Gasteiger charge is -2.46. The zero-order valence-corrected chi connectivity index (χ0v) is 25.4. The van der Waals surface area contributed by atoms with E-state index in [1.165, 1.54) is 24.4 Å². The minimum absolute atomic E-state index is 0.142. The predicted octanol–water partition coefficient (Wildman–Crippen LogP) is 5.37. The molecule has 1 N–H and O–H groups in total. The molecule has 224 valence electrons. The van der Waals surface area contributed by atoms with Crippen molar-refractivity contribution < 1.29 is 14.0 Å². The van der Waals surface area contributed by atoms with Crippen LogP contribution < -0.4 is 5.32 Å². The number of carbonyl (C=O) groups is 2. The molecule has 7 nitrogen and oxygen atoms in total. The summed E-state index contributed by atoms with van der Waals surface area (Å²) in [5.74, 6) is 0.472. The molecule has 1 unspecified atom stereocenters. The Morgan fingerprint density at radius 2 is 1.71 bits per heavy atom. The molecular formula is C34H44FN5O2. The van der Waals surface area contributed by atoms with Crippen LogP contribution in [0.5, 0.6) is 0 Å². The number of hydrogen-bond donors (Lipinski definition) is 1. The maximum absolute atomic E-state index is 14.5. The van der Waals surface area contributed by atoms with Crippen molar-refractivity contribution in [2.75, 3.05) is 26.7 Å². The van der Waals surface area contributed by atoms with E-state index in [2.05, 4.69) is 52.0 Å². The summed E-state index contributed by atoms with van der Waals surface area (Å²) in [7, 11) is 1.57. The number of para-hydroxylation sites is 2. The molecule has 3 atom stereocenters. The monoisotopic (exact) mass is 573 g/mol. The number of aryl methyl sites for hydroxylation is 1. The number of nitrogens with zero attached hydrogens (tertiary/aromatic N) is 4. The molecule has 2 aromatic carbocycles. The number of amides is 2. The molecule has 4 heterocycles. The zero-order chi connectivity index (χ0) is 29.6. The Kier molecular flexibility index (Phi) is 7.62. The Labute approximate surface area is 248 Å². The molecule has 0 spiro atoms. The molecule has 6 rings (SSSR count). The van der Waals surface area contributed by atoms with Gasteiger partial charge in [-0.25, -0.2) is 9.37 Å². The normalized spacial score (nSPS) is 24.2. The summed E-state index contributed by atoms with van der Waals surface area (Å²) in [6.07, 6.45) is 7.15. The van der Waals surface area contributed by atoms with Crippen LogP contribution in [-0.2, 0) is 15.0 Å². The number of imidazole rings is 1. The number of rotatable bonds is 7. The Hall–Kier alpha value is -3.26. The molecule has 2 amide bonds. The van der Waals surface area contributed by atoms with E-state index in [9.17, 15) is 14.0 Å². The SMILES string of the molecule is CNC(=O)C(C)(C)C(=O)N1CCC(CCN2[C@@H]3CC[C@H]2CC(n2c(C)nc4ccccc42)C3)(c2cccc(F)c2)CC1. The number of aromatic nitrogens is 2. The van der Waals surface area contributed by atoms with Crippen molar-refractivity contribution in [2.45, 2.75) is 89.3 Å². The molecular weight excluding hydrogens is 529 g/mol. The van der Waals surface area contributed by atoms with Crippen molar-refractivity contribution in [3.05, 3.63) is 65.7 Å². The molecule has 3 aliphatic rings.